The standard InChI is InChI=1S/C13H14F2O2/c14-13(15,10-7-4-8-11(10)16)12(17)9-5-2-1-3-6-9/h1-3,5-6,10-11,16H,4,7-8H2. The van der Waals surface area contributed by atoms with Crippen LogP contribution in [0.5, 0.6) is 0 Å². The van der Waals surface area contributed by atoms with Crippen molar-refractivity contribution in [3.8, 4) is 0 Å². The van der Waals surface area contributed by atoms with Gasteiger partial charge in [0.1, 0.15) is 0 Å². The molecule has 1 fully saturated rings. The van der Waals surface area contributed by atoms with Crippen LogP contribution in [0.1, 0.15) is 29.6 Å². The highest BCUT2D eigenvalue weighted by Gasteiger charge is 2.51. The van der Waals surface area contributed by atoms with Crippen LogP contribution in [0.25, 0.3) is 0 Å². The minimum Gasteiger partial charge on any atom is -0.393 e. The van der Waals surface area contributed by atoms with E-state index in [1.807, 2.05) is 0 Å². The van der Waals surface area contributed by atoms with Crippen molar-refractivity contribution in [3.63, 3.8) is 0 Å². The third-order valence-corrected chi connectivity index (χ3v) is 3.28. The number of ketones is 1. The molecule has 17 heavy (non-hydrogen) atoms. The van der Waals surface area contributed by atoms with E-state index < -0.39 is 23.7 Å². The van der Waals surface area contributed by atoms with E-state index in [1.54, 1.807) is 18.2 Å². The molecule has 1 N–H and O–H groups in total. The zero-order chi connectivity index (χ0) is 12.5. The number of halogens is 2. The van der Waals surface area contributed by atoms with E-state index in [0.29, 0.717) is 12.8 Å². The number of Topliss-reactive ketones (excluding diaryl/α,β-unsaturated/α-hetero) is 1. The summed E-state index contributed by atoms with van der Waals surface area (Å²) in [5.74, 6) is -5.91. The average Bonchev–Trinajstić information content (AvgIpc) is 2.76. The summed E-state index contributed by atoms with van der Waals surface area (Å²) in [7, 11) is 0. The van der Waals surface area contributed by atoms with E-state index >= 15 is 0 Å². The number of carbonyl (C=O) groups is 1. The summed E-state index contributed by atoms with van der Waals surface area (Å²) in [6, 6.07) is 7.51. The van der Waals surface area contributed by atoms with Crippen LogP contribution in [0, 0.1) is 5.92 Å². The third-order valence-electron chi connectivity index (χ3n) is 3.28. The fourth-order valence-corrected chi connectivity index (χ4v) is 2.31. The monoisotopic (exact) mass is 240 g/mol. The zero-order valence-electron chi connectivity index (χ0n) is 9.27. The quantitative estimate of drug-likeness (QED) is 0.825. The third kappa shape index (κ3) is 2.22. The van der Waals surface area contributed by atoms with Crippen molar-refractivity contribution < 1.29 is 18.7 Å². The van der Waals surface area contributed by atoms with Crippen molar-refractivity contribution >= 4 is 5.78 Å². The molecule has 0 aromatic heterocycles. The Labute approximate surface area is 98.3 Å². The molecule has 0 spiro atoms. The maximum atomic E-state index is 13.9. The second kappa shape index (κ2) is 4.53. The van der Waals surface area contributed by atoms with Gasteiger partial charge in [-0.15, -0.1) is 0 Å². The molecule has 0 bridgehead atoms. The van der Waals surface area contributed by atoms with Crippen LogP contribution in [0.15, 0.2) is 30.3 Å². The van der Waals surface area contributed by atoms with E-state index in [-0.39, 0.29) is 12.0 Å². The number of aliphatic hydroxyl groups is 1. The summed E-state index contributed by atoms with van der Waals surface area (Å²) in [6.45, 7) is 0. The Kier molecular flexibility index (Phi) is 3.24. The minimum absolute atomic E-state index is 0.00315. The van der Waals surface area contributed by atoms with E-state index in [1.165, 1.54) is 12.1 Å². The Morgan fingerprint density at radius 3 is 2.41 bits per heavy atom. The first kappa shape index (κ1) is 12.2. The summed E-state index contributed by atoms with van der Waals surface area (Å²) in [5, 5.41) is 9.49. The van der Waals surface area contributed by atoms with Crippen LogP contribution >= 0.6 is 0 Å². The van der Waals surface area contributed by atoms with Gasteiger partial charge in [-0.3, -0.25) is 4.79 Å². The van der Waals surface area contributed by atoms with Gasteiger partial charge < -0.3 is 5.11 Å². The Bertz CT molecular complexity index is 403. The topological polar surface area (TPSA) is 37.3 Å². The lowest BCUT2D eigenvalue weighted by atomic mass is 9.91. The molecule has 1 saturated carbocycles. The predicted octanol–water partition coefficient (Wildman–Crippen LogP) is 2.67. The van der Waals surface area contributed by atoms with Crippen LogP contribution in [0.4, 0.5) is 8.78 Å². The highest BCUT2D eigenvalue weighted by atomic mass is 19.3. The number of hydrogen-bond donors (Lipinski definition) is 1. The lowest BCUT2D eigenvalue weighted by molar-refractivity contribution is -0.0633. The van der Waals surface area contributed by atoms with Crippen molar-refractivity contribution in [3.05, 3.63) is 35.9 Å². The molecule has 2 rings (SSSR count). The molecule has 0 radical (unpaired) electrons. The zero-order valence-corrected chi connectivity index (χ0v) is 9.27. The number of alkyl halides is 2. The molecule has 4 heteroatoms. The number of carbonyl (C=O) groups excluding carboxylic acids is 1. The van der Waals surface area contributed by atoms with E-state index in [2.05, 4.69) is 0 Å². The largest absolute Gasteiger partial charge is 0.393 e. The van der Waals surface area contributed by atoms with Gasteiger partial charge in [-0.05, 0) is 12.8 Å². The van der Waals surface area contributed by atoms with Gasteiger partial charge in [-0.1, -0.05) is 36.8 Å². The molecule has 1 aromatic carbocycles. The first-order valence-electron chi connectivity index (χ1n) is 5.69. The van der Waals surface area contributed by atoms with Gasteiger partial charge in [-0.25, -0.2) is 0 Å². The van der Waals surface area contributed by atoms with E-state index in [4.69, 9.17) is 0 Å². The molecule has 2 nitrogen and oxygen atoms in total. The summed E-state index contributed by atoms with van der Waals surface area (Å²) in [5.41, 5.74) is -0.00315. The van der Waals surface area contributed by atoms with E-state index in [9.17, 15) is 18.7 Å². The molecule has 92 valence electrons. The summed E-state index contributed by atoms with van der Waals surface area (Å²) >= 11 is 0. The number of benzene rings is 1. The van der Waals surface area contributed by atoms with Gasteiger partial charge in [0.05, 0.1) is 12.0 Å². The van der Waals surface area contributed by atoms with Gasteiger partial charge in [0.25, 0.3) is 0 Å². The number of rotatable bonds is 3. The number of hydrogen-bond acceptors (Lipinski definition) is 2. The first-order valence-corrected chi connectivity index (χ1v) is 5.69. The molecule has 0 heterocycles. The molecule has 2 atom stereocenters. The molecule has 1 aliphatic carbocycles. The SMILES string of the molecule is O=C(c1ccccc1)C(F)(F)C1CCCC1O. The van der Waals surface area contributed by atoms with Gasteiger partial charge in [-0.2, -0.15) is 8.78 Å². The highest BCUT2D eigenvalue weighted by Crippen LogP contribution is 2.40. The van der Waals surface area contributed by atoms with Gasteiger partial charge in [0.15, 0.2) is 0 Å². The normalized spacial score (nSPS) is 24.9. The van der Waals surface area contributed by atoms with Crippen LogP contribution in [0.3, 0.4) is 0 Å². The fraction of sp³-hybridized carbons (Fsp3) is 0.462. The van der Waals surface area contributed by atoms with Crippen molar-refractivity contribution in [1.29, 1.82) is 0 Å². The van der Waals surface area contributed by atoms with Crippen LogP contribution in [-0.2, 0) is 0 Å². The summed E-state index contributed by atoms with van der Waals surface area (Å²) in [6.07, 6.45) is 0.0242. The second-order valence-electron chi connectivity index (χ2n) is 4.42. The Balaban J connectivity index is 2.23. The lowest BCUT2D eigenvalue weighted by Gasteiger charge is -2.24. The Hall–Kier alpha value is -1.29. The van der Waals surface area contributed by atoms with Crippen molar-refractivity contribution in [2.45, 2.75) is 31.3 Å². The average molecular weight is 240 g/mol. The summed E-state index contributed by atoms with van der Waals surface area (Å²) in [4.78, 5) is 11.7. The first-order chi connectivity index (χ1) is 8.03. The maximum Gasteiger partial charge on any atom is 0.314 e. The fourth-order valence-electron chi connectivity index (χ4n) is 2.31. The van der Waals surface area contributed by atoms with Crippen LogP contribution in [0.2, 0.25) is 0 Å². The second-order valence-corrected chi connectivity index (χ2v) is 4.42. The van der Waals surface area contributed by atoms with Crippen molar-refractivity contribution in [2.75, 3.05) is 0 Å². The molecule has 1 aliphatic rings. The Morgan fingerprint density at radius 1 is 1.24 bits per heavy atom. The predicted molar refractivity (Wildman–Crippen MR) is 59.1 cm³/mol. The molecule has 0 saturated heterocycles. The lowest BCUT2D eigenvalue weighted by Crippen LogP contribution is -2.41. The van der Waals surface area contributed by atoms with Gasteiger partial charge in [0, 0.05) is 5.56 Å². The van der Waals surface area contributed by atoms with Crippen LogP contribution < -0.4 is 0 Å². The molecular formula is C13H14F2O2. The van der Waals surface area contributed by atoms with E-state index in [0.717, 1.165) is 0 Å². The Morgan fingerprint density at radius 2 is 1.88 bits per heavy atom. The van der Waals surface area contributed by atoms with Gasteiger partial charge in [0.2, 0.25) is 5.78 Å². The molecule has 0 aliphatic heterocycles. The smallest absolute Gasteiger partial charge is 0.314 e. The van der Waals surface area contributed by atoms with Crippen molar-refractivity contribution in [1.82, 2.24) is 0 Å². The minimum atomic E-state index is -3.47. The molecular weight excluding hydrogens is 226 g/mol. The summed E-state index contributed by atoms with van der Waals surface area (Å²) < 4.78 is 27.9. The molecule has 1 aromatic rings. The maximum absolute atomic E-state index is 13.9. The number of aliphatic hydroxyl groups excluding tert-OH is 1. The molecule has 2 unspecified atom stereocenters. The van der Waals surface area contributed by atoms with Gasteiger partial charge >= 0.3 is 5.92 Å². The van der Waals surface area contributed by atoms with Crippen molar-refractivity contribution in [2.24, 2.45) is 5.92 Å². The molecule has 0 amide bonds. The van der Waals surface area contributed by atoms with Crippen LogP contribution in [-0.4, -0.2) is 22.9 Å². The highest BCUT2D eigenvalue weighted by molar-refractivity contribution is 6.01.